The van der Waals surface area contributed by atoms with Gasteiger partial charge in [0.25, 0.3) is 5.56 Å². The molecule has 1 aromatic rings. The molecule has 0 spiro atoms. The van der Waals surface area contributed by atoms with Crippen LogP contribution in [-0.4, -0.2) is 29.5 Å². The summed E-state index contributed by atoms with van der Waals surface area (Å²) in [6.45, 7) is 6.71. The molecule has 0 aromatic carbocycles. The quantitative estimate of drug-likeness (QED) is 0.910. The molecule has 1 aliphatic rings. The third kappa shape index (κ3) is 4.60. The highest BCUT2D eigenvalue weighted by Gasteiger charge is 2.18. The maximum absolute atomic E-state index is 12.1. The lowest BCUT2D eigenvalue weighted by molar-refractivity contribution is 0.0636. The Bertz CT molecular complexity index is 554. The second-order valence-electron chi connectivity index (χ2n) is 6.13. The lowest BCUT2D eigenvalue weighted by Gasteiger charge is -2.24. The Balaban J connectivity index is 2.05. The Kier molecular flexibility index (Phi) is 4.67. The Morgan fingerprint density at radius 3 is 2.62 bits per heavy atom. The van der Waals surface area contributed by atoms with Gasteiger partial charge < -0.3 is 14.0 Å². The zero-order valence-corrected chi connectivity index (χ0v) is 12.7. The third-order valence-electron chi connectivity index (χ3n) is 3.18. The molecule has 1 fully saturated rings. The van der Waals surface area contributed by atoms with Crippen LogP contribution < -0.4 is 10.9 Å². The summed E-state index contributed by atoms with van der Waals surface area (Å²) < 4.78 is 12.1. The predicted octanol–water partition coefficient (Wildman–Crippen LogP) is 2.55. The van der Waals surface area contributed by atoms with Crippen LogP contribution in [0.4, 0.5) is 10.5 Å². The van der Waals surface area contributed by atoms with Crippen LogP contribution in [0.25, 0.3) is 0 Å². The molecule has 1 aromatic heterocycles. The minimum absolute atomic E-state index is 0.129. The first-order valence-electron chi connectivity index (χ1n) is 7.15. The maximum atomic E-state index is 12.1. The first-order valence-corrected chi connectivity index (χ1v) is 7.15. The zero-order valence-electron chi connectivity index (χ0n) is 12.7. The highest BCUT2D eigenvalue weighted by atomic mass is 16.6. The van der Waals surface area contributed by atoms with E-state index in [4.69, 9.17) is 9.47 Å². The molecule has 0 saturated carbocycles. The van der Waals surface area contributed by atoms with Crippen molar-refractivity contribution in [2.45, 2.75) is 45.3 Å². The van der Waals surface area contributed by atoms with Crippen LogP contribution in [0, 0.1) is 0 Å². The highest BCUT2D eigenvalue weighted by Crippen LogP contribution is 2.19. The second kappa shape index (κ2) is 6.30. The summed E-state index contributed by atoms with van der Waals surface area (Å²) in [6, 6.07) is 3.29. The smallest absolute Gasteiger partial charge is 0.412 e. The Hall–Kier alpha value is -1.82. The average Bonchev–Trinajstić information content (AvgIpc) is 2.37. The van der Waals surface area contributed by atoms with Gasteiger partial charge in [-0.25, -0.2) is 4.79 Å². The number of carbonyl (C=O) groups is 1. The molecule has 21 heavy (non-hydrogen) atoms. The molecule has 116 valence electrons. The van der Waals surface area contributed by atoms with Crippen LogP contribution in [0.3, 0.4) is 0 Å². The van der Waals surface area contributed by atoms with Crippen molar-refractivity contribution in [3.8, 4) is 0 Å². The van der Waals surface area contributed by atoms with Gasteiger partial charge in [0.15, 0.2) is 0 Å². The number of anilines is 1. The molecular weight excluding hydrogens is 272 g/mol. The summed E-state index contributed by atoms with van der Waals surface area (Å²) in [6.07, 6.45) is 2.81. The van der Waals surface area contributed by atoms with Crippen molar-refractivity contribution in [1.29, 1.82) is 0 Å². The first-order chi connectivity index (χ1) is 9.85. The van der Waals surface area contributed by atoms with Crippen LogP contribution in [-0.2, 0) is 9.47 Å². The molecule has 0 bridgehead atoms. The molecule has 0 aliphatic carbocycles. The van der Waals surface area contributed by atoms with Crippen molar-refractivity contribution in [2.75, 3.05) is 18.5 Å². The van der Waals surface area contributed by atoms with Crippen molar-refractivity contribution in [2.24, 2.45) is 0 Å². The SMILES string of the molecule is CC(C)(C)OC(=O)Nc1ccn(C2CCOCC2)c(=O)c1. The Morgan fingerprint density at radius 1 is 1.38 bits per heavy atom. The lowest BCUT2D eigenvalue weighted by Crippen LogP contribution is -2.30. The van der Waals surface area contributed by atoms with E-state index in [1.807, 2.05) is 0 Å². The number of hydrogen-bond donors (Lipinski definition) is 1. The fourth-order valence-electron chi connectivity index (χ4n) is 2.25. The van der Waals surface area contributed by atoms with Crippen molar-refractivity contribution < 1.29 is 14.3 Å². The van der Waals surface area contributed by atoms with Crippen molar-refractivity contribution in [1.82, 2.24) is 4.57 Å². The van der Waals surface area contributed by atoms with Crippen LogP contribution in [0.1, 0.15) is 39.7 Å². The molecule has 1 amide bonds. The number of hydrogen-bond acceptors (Lipinski definition) is 4. The predicted molar refractivity (Wildman–Crippen MR) is 79.6 cm³/mol. The molecule has 2 rings (SSSR count). The van der Waals surface area contributed by atoms with Crippen LogP contribution in [0.5, 0.6) is 0 Å². The minimum atomic E-state index is -0.568. The van der Waals surface area contributed by atoms with Crippen molar-refractivity contribution >= 4 is 11.8 Å². The normalized spacial score (nSPS) is 16.5. The van der Waals surface area contributed by atoms with Gasteiger partial charge >= 0.3 is 6.09 Å². The van der Waals surface area contributed by atoms with Gasteiger partial charge in [-0.15, -0.1) is 0 Å². The first kappa shape index (κ1) is 15.6. The number of nitrogens with one attached hydrogen (secondary N) is 1. The van der Waals surface area contributed by atoms with Gasteiger partial charge in [0.1, 0.15) is 5.60 Å². The number of amides is 1. The van der Waals surface area contributed by atoms with Gasteiger partial charge in [-0.3, -0.25) is 10.1 Å². The van der Waals surface area contributed by atoms with Gasteiger partial charge in [-0.05, 0) is 39.7 Å². The number of pyridine rings is 1. The van der Waals surface area contributed by atoms with E-state index < -0.39 is 11.7 Å². The summed E-state index contributed by atoms with van der Waals surface area (Å²) in [7, 11) is 0. The second-order valence-corrected chi connectivity index (χ2v) is 6.13. The summed E-state index contributed by atoms with van der Waals surface area (Å²) in [5.74, 6) is 0. The largest absolute Gasteiger partial charge is 0.444 e. The van der Waals surface area contributed by atoms with E-state index in [1.54, 1.807) is 37.6 Å². The average molecular weight is 294 g/mol. The molecular formula is C15H22N2O4. The molecule has 1 N–H and O–H groups in total. The summed E-state index contributed by atoms with van der Waals surface area (Å²) in [4.78, 5) is 23.8. The van der Waals surface area contributed by atoms with E-state index in [2.05, 4.69) is 5.32 Å². The number of ether oxygens (including phenoxy) is 2. The minimum Gasteiger partial charge on any atom is -0.444 e. The number of aromatic nitrogens is 1. The van der Waals surface area contributed by atoms with Crippen LogP contribution in [0.15, 0.2) is 23.1 Å². The van der Waals surface area contributed by atoms with Crippen LogP contribution >= 0.6 is 0 Å². The molecule has 2 heterocycles. The summed E-state index contributed by atoms with van der Waals surface area (Å²) in [5, 5.41) is 2.57. The zero-order chi connectivity index (χ0) is 15.5. The Morgan fingerprint density at radius 2 is 2.05 bits per heavy atom. The molecule has 0 unspecified atom stereocenters. The van der Waals surface area contributed by atoms with Crippen molar-refractivity contribution in [3.05, 3.63) is 28.7 Å². The third-order valence-corrected chi connectivity index (χ3v) is 3.18. The van der Waals surface area contributed by atoms with Gasteiger partial charge in [0.05, 0.1) is 5.69 Å². The summed E-state index contributed by atoms with van der Waals surface area (Å²) in [5.41, 5.74) is -0.255. The molecule has 1 aliphatic heterocycles. The van der Waals surface area contributed by atoms with Gasteiger partial charge in [-0.2, -0.15) is 0 Å². The standard InChI is InChI=1S/C15H22N2O4/c1-15(2,3)21-14(19)16-11-4-7-17(13(18)10-11)12-5-8-20-9-6-12/h4,7,10,12H,5-6,8-9H2,1-3H3,(H,16,19). The van der Waals surface area contributed by atoms with Gasteiger partial charge in [0.2, 0.25) is 0 Å². The van der Waals surface area contributed by atoms with E-state index in [0.717, 1.165) is 12.8 Å². The molecule has 1 saturated heterocycles. The van der Waals surface area contributed by atoms with E-state index in [-0.39, 0.29) is 11.6 Å². The van der Waals surface area contributed by atoms with E-state index in [0.29, 0.717) is 18.9 Å². The summed E-state index contributed by atoms with van der Waals surface area (Å²) >= 11 is 0. The van der Waals surface area contributed by atoms with E-state index in [1.165, 1.54) is 6.07 Å². The highest BCUT2D eigenvalue weighted by molar-refractivity contribution is 5.84. The number of rotatable bonds is 2. The molecule has 6 heteroatoms. The number of carbonyl (C=O) groups excluding carboxylic acids is 1. The molecule has 6 nitrogen and oxygen atoms in total. The molecule has 0 radical (unpaired) electrons. The fourth-order valence-corrected chi connectivity index (χ4v) is 2.25. The molecule has 0 atom stereocenters. The van der Waals surface area contributed by atoms with Crippen LogP contribution in [0.2, 0.25) is 0 Å². The monoisotopic (exact) mass is 294 g/mol. The Labute approximate surface area is 124 Å². The topological polar surface area (TPSA) is 69.6 Å². The van der Waals surface area contributed by atoms with Crippen molar-refractivity contribution in [3.63, 3.8) is 0 Å². The number of nitrogens with zero attached hydrogens (tertiary/aromatic N) is 1. The maximum Gasteiger partial charge on any atom is 0.412 e. The van der Waals surface area contributed by atoms with E-state index in [9.17, 15) is 9.59 Å². The van der Waals surface area contributed by atoms with Gasteiger partial charge in [0, 0.05) is 31.5 Å². The van der Waals surface area contributed by atoms with Gasteiger partial charge in [-0.1, -0.05) is 0 Å². The van der Waals surface area contributed by atoms with E-state index >= 15 is 0 Å². The fraction of sp³-hybridized carbons (Fsp3) is 0.600. The lowest BCUT2D eigenvalue weighted by atomic mass is 10.1.